The Hall–Kier alpha value is -4.74. The molecule has 0 aromatic heterocycles. The lowest BCUT2D eigenvalue weighted by atomic mass is 10.0. The van der Waals surface area contributed by atoms with Gasteiger partial charge < -0.3 is 29.2 Å². The van der Waals surface area contributed by atoms with E-state index in [0.717, 1.165) is 103 Å². The van der Waals surface area contributed by atoms with Gasteiger partial charge in [-0.3, -0.25) is 9.59 Å². The number of hydrogen-bond acceptors (Lipinski definition) is 10. The molecule has 0 saturated carbocycles. The average Bonchev–Trinajstić information content (AvgIpc) is 3.33. The van der Waals surface area contributed by atoms with Crippen molar-refractivity contribution < 1.29 is 57.9 Å². The Labute approximate surface area is 397 Å². The second kappa shape index (κ2) is 39.4. The molecular weight excluding hydrogens is 841 g/mol. The maximum absolute atomic E-state index is 12.2. The number of unbranched alkanes of at least 4 members (excludes halogenated alkanes) is 5. The van der Waals surface area contributed by atoms with Crippen molar-refractivity contribution in [3.8, 4) is 0 Å². The van der Waals surface area contributed by atoms with Gasteiger partial charge in [0.05, 0.1) is 48.7 Å². The fraction of sp³-hybridized carbons (Fsp3) is 0.667. The van der Waals surface area contributed by atoms with Crippen molar-refractivity contribution in [3.63, 3.8) is 0 Å². The zero-order chi connectivity index (χ0) is 49.5. The summed E-state index contributed by atoms with van der Waals surface area (Å²) in [5.41, 5.74) is 1.88. The van der Waals surface area contributed by atoms with E-state index in [1.54, 1.807) is 48.5 Å². The third-order valence-electron chi connectivity index (χ3n) is 11.7. The Bertz CT molecular complexity index is 1380. The first-order chi connectivity index (χ1) is 31.7. The number of ether oxygens (including phenoxy) is 4. The van der Waals surface area contributed by atoms with E-state index in [1.165, 1.54) is 0 Å². The van der Waals surface area contributed by atoms with Gasteiger partial charge in [-0.05, 0) is 111 Å². The van der Waals surface area contributed by atoms with Crippen LogP contribution in [0, 0.1) is 23.7 Å². The molecule has 0 fully saturated rings. The summed E-state index contributed by atoms with van der Waals surface area (Å²) in [6.45, 7) is 19.0. The van der Waals surface area contributed by atoms with Crippen LogP contribution < -0.4 is 0 Å². The molecule has 0 spiro atoms. The van der Waals surface area contributed by atoms with Gasteiger partial charge in [0.25, 0.3) is 0 Å². The molecule has 0 heterocycles. The van der Waals surface area contributed by atoms with Crippen LogP contribution in [-0.2, 0) is 28.5 Å². The maximum atomic E-state index is 12.2. The quantitative estimate of drug-likeness (QED) is 0.0393. The Morgan fingerprint density at radius 2 is 0.561 bits per heavy atom. The van der Waals surface area contributed by atoms with Gasteiger partial charge in [0.1, 0.15) is 0 Å². The SMILES string of the molecule is CCCCC(CC)COC(=O)c1ccc(C(=O)OCC(CC)CCCC)cc1.CCCCC(CC)COC(=O)c1ccc(C(=O)OCC(CC)CCCC)cc1.O=C(O)CCCCC(=O)O. The zero-order valence-corrected chi connectivity index (χ0v) is 41.9. The zero-order valence-electron chi connectivity index (χ0n) is 41.9. The van der Waals surface area contributed by atoms with Crippen molar-refractivity contribution in [3.05, 3.63) is 70.8 Å². The predicted octanol–water partition coefficient (Wildman–Crippen LogP) is 13.6. The highest BCUT2D eigenvalue weighted by Gasteiger charge is 2.17. The first-order valence-corrected chi connectivity index (χ1v) is 25.0. The summed E-state index contributed by atoms with van der Waals surface area (Å²) in [6, 6.07) is 13.1. The molecule has 2 N–H and O–H groups in total. The number of carbonyl (C=O) groups is 6. The minimum atomic E-state index is -0.870. The summed E-state index contributed by atoms with van der Waals surface area (Å²) >= 11 is 0. The molecule has 66 heavy (non-hydrogen) atoms. The van der Waals surface area contributed by atoms with Crippen molar-refractivity contribution >= 4 is 35.8 Å². The van der Waals surface area contributed by atoms with E-state index >= 15 is 0 Å². The second-order valence-corrected chi connectivity index (χ2v) is 17.2. The molecule has 0 radical (unpaired) electrons. The van der Waals surface area contributed by atoms with E-state index in [-0.39, 0.29) is 36.7 Å². The van der Waals surface area contributed by atoms with Crippen LogP contribution in [0.2, 0.25) is 0 Å². The number of carbonyl (C=O) groups excluding carboxylic acids is 4. The molecule has 0 aliphatic carbocycles. The lowest BCUT2D eigenvalue weighted by molar-refractivity contribution is -0.139. The lowest BCUT2D eigenvalue weighted by Crippen LogP contribution is -2.15. The molecule has 0 aliphatic heterocycles. The number of carboxylic acid groups (broad SMARTS) is 2. The minimum absolute atomic E-state index is 0.0628. The monoisotopic (exact) mass is 927 g/mol. The molecule has 0 bridgehead atoms. The molecule has 2 aromatic rings. The van der Waals surface area contributed by atoms with Gasteiger partial charge in [0, 0.05) is 12.8 Å². The number of rotatable bonds is 33. The van der Waals surface area contributed by atoms with Gasteiger partial charge in [0.15, 0.2) is 0 Å². The van der Waals surface area contributed by atoms with Gasteiger partial charge in [-0.2, -0.15) is 0 Å². The highest BCUT2D eigenvalue weighted by atomic mass is 16.5. The predicted molar refractivity (Wildman–Crippen MR) is 261 cm³/mol. The lowest BCUT2D eigenvalue weighted by Gasteiger charge is -2.15. The van der Waals surface area contributed by atoms with E-state index < -0.39 is 11.9 Å². The highest BCUT2D eigenvalue weighted by molar-refractivity contribution is 5.94. The molecule has 12 nitrogen and oxygen atoms in total. The van der Waals surface area contributed by atoms with Gasteiger partial charge in [0.2, 0.25) is 0 Å². The Morgan fingerprint density at radius 3 is 0.712 bits per heavy atom. The smallest absolute Gasteiger partial charge is 0.338 e. The van der Waals surface area contributed by atoms with E-state index in [2.05, 4.69) is 55.4 Å². The van der Waals surface area contributed by atoms with Crippen LogP contribution in [0.5, 0.6) is 0 Å². The third kappa shape index (κ3) is 29.7. The molecule has 374 valence electrons. The van der Waals surface area contributed by atoms with E-state index in [4.69, 9.17) is 29.2 Å². The summed E-state index contributed by atoms with van der Waals surface area (Å²) in [6.07, 6.45) is 18.6. The molecule has 2 aromatic carbocycles. The maximum Gasteiger partial charge on any atom is 0.338 e. The number of esters is 4. The van der Waals surface area contributed by atoms with Crippen molar-refractivity contribution in [1.29, 1.82) is 0 Å². The standard InChI is InChI=1S/2C24H38O4.C6H10O4/c2*1-5-9-11-19(7-3)17-27-23(25)21-13-15-22(16-14-21)24(26)28-18-20(8-4)12-10-6-2;7-5(8)3-1-2-4-6(9)10/h2*13-16,19-20H,5-12,17-18H2,1-4H3;1-4H2,(H,7,8)(H,9,10). The van der Waals surface area contributed by atoms with Crippen LogP contribution in [0.3, 0.4) is 0 Å². The largest absolute Gasteiger partial charge is 0.481 e. The van der Waals surface area contributed by atoms with Crippen LogP contribution in [-0.4, -0.2) is 72.5 Å². The van der Waals surface area contributed by atoms with Gasteiger partial charge in [-0.1, -0.05) is 132 Å². The van der Waals surface area contributed by atoms with Gasteiger partial charge >= 0.3 is 35.8 Å². The number of carboxylic acids is 2. The van der Waals surface area contributed by atoms with Crippen molar-refractivity contribution in [2.45, 2.75) is 184 Å². The minimum Gasteiger partial charge on any atom is -0.481 e. The van der Waals surface area contributed by atoms with Crippen LogP contribution in [0.25, 0.3) is 0 Å². The van der Waals surface area contributed by atoms with Crippen LogP contribution >= 0.6 is 0 Å². The van der Waals surface area contributed by atoms with Gasteiger partial charge in [-0.15, -0.1) is 0 Å². The normalized spacial score (nSPS) is 12.4. The van der Waals surface area contributed by atoms with Crippen molar-refractivity contribution in [2.75, 3.05) is 26.4 Å². The fourth-order valence-corrected chi connectivity index (χ4v) is 6.74. The first kappa shape index (κ1) is 61.3. The fourth-order valence-electron chi connectivity index (χ4n) is 6.74. The van der Waals surface area contributed by atoms with E-state index in [9.17, 15) is 28.8 Å². The molecular formula is C54H86O12. The summed E-state index contributed by atoms with van der Waals surface area (Å²) < 4.78 is 21.8. The Kier molecular flexibility index (Phi) is 36.6. The van der Waals surface area contributed by atoms with E-state index in [0.29, 0.717) is 85.2 Å². The molecule has 2 rings (SSSR count). The van der Waals surface area contributed by atoms with Crippen molar-refractivity contribution in [1.82, 2.24) is 0 Å². The number of hydrogen-bond donors (Lipinski definition) is 2. The van der Waals surface area contributed by atoms with E-state index in [1.807, 2.05) is 0 Å². The Balaban J connectivity index is 0.00000106. The van der Waals surface area contributed by atoms with Crippen LogP contribution in [0.4, 0.5) is 0 Å². The summed E-state index contributed by atoms with van der Waals surface area (Å²) in [4.78, 5) is 68.7. The van der Waals surface area contributed by atoms with Gasteiger partial charge in [-0.25, -0.2) is 19.2 Å². The molecule has 12 heteroatoms. The molecule has 4 unspecified atom stereocenters. The van der Waals surface area contributed by atoms with Crippen molar-refractivity contribution in [2.24, 2.45) is 23.7 Å². The highest BCUT2D eigenvalue weighted by Crippen LogP contribution is 2.19. The molecule has 0 aliphatic rings. The second-order valence-electron chi connectivity index (χ2n) is 17.2. The summed E-state index contributed by atoms with van der Waals surface area (Å²) in [5, 5.41) is 16.3. The Morgan fingerprint density at radius 1 is 0.364 bits per heavy atom. The van der Waals surface area contributed by atoms with Crippen LogP contribution in [0.15, 0.2) is 48.5 Å². The number of benzene rings is 2. The first-order valence-electron chi connectivity index (χ1n) is 25.0. The summed E-state index contributed by atoms with van der Waals surface area (Å²) in [5.74, 6) is -1.41. The molecule has 0 saturated heterocycles. The average molecular weight is 927 g/mol. The summed E-state index contributed by atoms with van der Waals surface area (Å²) in [7, 11) is 0. The number of aliphatic carboxylic acids is 2. The molecule has 0 amide bonds. The van der Waals surface area contributed by atoms with Crippen LogP contribution in [0.1, 0.15) is 225 Å². The third-order valence-corrected chi connectivity index (χ3v) is 11.7. The molecule has 4 atom stereocenters. The topological polar surface area (TPSA) is 180 Å².